The van der Waals surface area contributed by atoms with Crippen LogP contribution in [0.25, 0.3) is 0 Å². The third-order valence-corrected chi connectivity index (χ3v) is 3.94. The summed E-state index contributed by atoms with van der Waals surface area (Å²) in [6.07, 6.45) is 4.07. The van der Waals surface area contributed by atoms with Gasteiger partial charge in [0.1, 0.15) is 0 Å². The lowest BCUT2D eigenvalue weighted by molar-refractivity contribution is 0.127. The van der Waals surface area contributed by atoms with E-state index in [0.717, 1.165) is 19.6 Å². The van der Waals surface area contributed by atoms with Crippen molar-refractivity contribution in [2.75, 3.05) is 13.1 Å². The molecular formula is C16H22N4. The van der Waals surface area contributed by atoms with E-state index >= 15 is 0 Å². The molecule has 0 aliphatic carbocycles. The summed E-state index contributed by atoms with van der Waals surface area (Å²) in [5.74, 6) is 0. The van der Waals surface area contributed by atoms with Gasteiger partial charge in [0.2, 0.25) is 0 Å². The quantitative estimate of drug-likeness (QED) is 0.925. The molecule has 2 heterocycles. The number of nitrogens with zero attached hydrogens (tertiary/aromatic N) is 3. The smallest absolute Gasteiger partial charge is 0.0534 e. The fraction of sp³-hybridized carbons (Fsp3) is 0.438. The number of aryl methyl sites for hydroxylation is 1. The Hall–Kier alpha value is -1.65. The molecule has 1 aliphatic rings. The zero-order valence-electron chi connectivity index (χ0n) is 12.2. The maximum atomic E-state index is 4.27. The van der Waals surface area contributed by atoms with Crippen molar-refractivity contribution in [2.45, 2.75) is 25.6 Å². The number of benzene rings is 1. The van der Waals surface area contributed by atoms with Crippen LogP contribution in [0.1, 0.15) is 24.1 Å². The van der Waals surface area contributed by atoms with E-state index in [9.17, 15) is 0 Å². The monoisotopic (exact) mass is 270 g/mol. The van der Waals surface area contributed by atoms with E-state index in [2.05, 4.69) is 58.8 Å². The molecule has 0 amide bonds. The minimum absolute atomic E-state index is 0.438. The number of rotatable bonds is 3. The number of hydrogen-bond acceptors (Lipinski definition) is 3. The van der Waals surface area contributed by atoms with Crippen LogP contribution in [0, 0.1) is 0 Å². The van der Waals surface area contributed by atoms with Gasteiger partial charge in [-0.1, -0.05) is 30.3 Å². The molecule has 2 unspecified atom stereocenters. The van der Waals surface area contributed by atoms with E-state index in [1.165, 1.54) is 11.1 Å². The normalized spacial score (nSPS) is 23.9. The Morgan fingerprint density at radius 3 is 2.80 bits per heavy atom. The lowest BCUT2D eigenvalue weighted by Crippen LogP contribution is -2.50. The van der Waals surface area contributed by atoms with Gasteiger partial charge in [0.25, 0.3) is 0 Å². The molecule has 0 bridgehead atoms. The highest BCUT2D eigenvalue weighted by molar-refractivity contribution is 5.21. The van der Waals surface area contributed by atoms with Gasteiger partial charge < -0.3 is 5.32 Å². The predicted molar refractivity (Wildman–Crippen MR) is 80.3 cm³/mol. The Morgan fingerprint density at radius 1 is 1.30 bits per heavy atom. The molecule has 20 heavy (non-hydrogen) atoms. The van der Waals surface area contributed by atoms with E-state index in [1.807, 2.05) is 17.9 Å². The summed E-state index contributed by atoms with van der Waals surface area (Å²) in [7, 11) is 1.97. The molecular weight excluding hydrogens is 248 g/mol. The molecule has 2 atom stereocenters. The van der Waals surface area contributed by atoms with Crippen molar-refractivity contribution >= 4 is 0 Å². The van der Waals surface area contributed by atoms with E-state index in [1.54, 1.807) is 0 Å². The maximum absolute atomic E-state index is 4.27. The molecule has 106 valence electrons. The average Bonchev–Trinajstić information content (AvgIpc) is 2.85. The van der Waals surface area contributed by atoms with Gasteiger partial charge in [0, 0.05) is 50.5 Å². The molecule has 4 heteroatoms. The first-order valence-electron chi connectivity index (χ1n) is 7.22. The molecule has 0 saturated carbocycles. The fourth-order valence-electron chi connectivity index (χ4n) is 2.95. The second-order valence-electron chi connectivity index (χ2n) is 5.69. The van der Waals surface area contributed by atoms with Crippen LogP contribution < -0.4 is 5.32 Å². The Labute approximate surface area is 120 Å². The van der Waals surface area contributed by atoms with E-state index in [4.69, 9.17) is 0 Å². The van der Waals surface area contributed by atoms with Crippen LogP contribution in [-0.2, 0) is 13.6 Å². The molecule has 1 N–H and O–H groups in total. The topological polar surface area (TPSA) is 33.1 Å². The SMILES string of the molecule is CC1CN(Cc2cnn(C)c2)C(c2ccccc2)CN1. The Balaban J connectivity index is 1.80. The van der Waals surface area contributed by atoms with Crippen LogP contribution in [0.3, 0.4) is 0 Å². The van der Waals surface area contributed by atoms with Crippen LogP contribution in [0.5, 0.6) is 0 Å². The maximum Gasteiger partial charge on any atom is 0.0534 e. The van der Waals surface area contributed by atoms with Gasteiger partial charge in [-0.3, -0.25) is 9.58 Å². The summed E-state index contributed by atoms with van der Waals surface area (Å²) < 4.78 is 1.87. The number of hydrogen-bond donors (Lipinski definition) is 1. The van der Waals surface area contributed by atoms with Crippen LogP contribution in [0.15, 0.2) is 42.7 Å². The Kier molecular flexibility index (Phi) is 3.85. The summed E-state index contributed by atoms with van der Waals surface area (Å²) in [5, 5.41) is 7.86. The molecule has 1 fully saturated rings. The first kappa shape index (κ1) is 13.3. The summed E-state index contributed by atoms with van der Waals surface area (Å²) in [4.78, 5) is 2.55. The number of nitrogens with one attached hydrogen (secondary N) is 1. The minimum Gasteiger partial charge on any atom is -0.311 e. The Morgan fingerprint density at radius 2 is 2.10 bits per heavy atom. The summed E-state index contributed by atoms with van der Waals surface area (Å²) in [5.41, 5.74) is 2.67. The van der Waals surface area contributed by atoms with Gasteiger partial charge in [-0.25, -0.2) is 0 Å². The molecule has 0 radical (unpaired) electrons. The molecule has 1 aromatic heterocycles. The average molecular weight is 270 g/mol. The molecule has 1 aromatic carbocycles. The van der Waals surface area contributed by atoms with Crippen molar-refractivity contribution in [3.63, 3.8) is 0 Å². The second-order valence-corrected chi connectivity index (χ2v) is 5.69. The predicted octanol–water partition coefficient (Wildman–Crippen LogP) is 1.96. The zero-order chi connectivity index (χ0) is 13.9. The van der Waals surface area contributed by atoms with Gasteiger partial charge >= 0.3 is 0 Å². The first-order valence-corrected chi connectivity index (χ1v) is 7.22. The van der Waals surface area contributed by atoms with Gasteiger partial charge in [-0.2, -0.15) is 5.10 Å². The van der Waals surface area contributed by atoms with E-state index in [-0.39, 0.29) is 0 Å². The Bertz CT molecular complexity index is 549. The third kappa shape index (κ3) is 2.92. The first-order chi connectivity index (χ1) is 9.72. The van der Waals surface area contributed by atoms with Crippen molar-refractivity contribution in [1.82, 2.24) is 20.0 Å². The van der Waals surface area contributed by atoms with Crippen molar-refractivity contribution in [3.05, 3.63) is 53.9 Å². The van der Waals surface area contributed by atoms with Gasteiger partial charge in [-0.05, 0) is 12.5 Å². The highest BCUT2D eigenvalue weighted by atomic mass is 15.3. The van der Waals surface area contributed by atoms with Crippen LogP contribution >= 0.6 is 0 Å². The fourth-order valence-corrected chi connectivity index (χ4v) is 2.95. The molecule has 1 saturated heterocycles. The number of aromatic nitrogens is 2. The van der Waals surface area contributed by atoms with E-state index < -0.39 is 0 Å². The summed E-state index contributed by atoms with van der Waals surface area (Å²) >= 11 is 0. The van der Waals surface area contributed by atoms with Crippen LogP contribution in [0.2, 0.25) is 0 Å². The van der Waals surface area contributed by atoms with Gasteiger partial charge in [0.15, 0.2) is 0 Å². The largest absolute Gasteiger partial charge is 0.311 e. The molecule has 3 rings (SSSR count). The molecule has 2 aromatic rings. The highest BCUT2D eigenvalue weighted by Gasteiger charge is 2.27. The third-order valence-electron chi connectivity index (χ3n) is 3.94. The van der Waals surface area contributed by atoms with Crippen molar-refractivity contribution in [2.24, 2.45) is 7.05 Å². The number of piperazine rings is 1. The minimum atomic E-state index is 0.438. The molecule has 0 spiro atoms. The highest BCUT2D eigenvalue weighted by Crippen LogP contribution is 2.25. The molecule has 4 nitrogen and oxygen atoms in total. The van der Waals surface area contributed by atoms with Gasteiger partial charge in [0.05, 0.1) is 6.20 Å². The van der Waals surface area contributed by atoms with Crippen LogP contribution in [-0.4, -0.2) is 33.8 Å². The van der Waals surface area contributed by atoms with Gasteiger partial charge in [-0.15, -0.1) is 0 Å². The van der Waals surface area contributed by atoms with E-state index in [0.29, 0.717) is 12.1 Å². The summed E-state index contributed by atoms with van der Waals surface area (Å²) in [6.45, 7) is 5.27. The van der Waals surface area contributed by atoms with Crippen LogP contribution in [0.4, 0.5) is 0 Å². The van der Waals surface area contributed by atoms with Crippen molar-refractivity contribution in [3.8, 4) is 0 Å². The lowest BCUT2D eigenvalue weighted by Gasteiger charge is -2.39. The standard InChI is InChI=1S/C16H22N4/c1-13-10-20(12-14-8-18-19(2)11-14)16(9-17-13)15-6-4-3-5-7-15/h3-8,11,13,16-17H,9-10,12H2,1-2H3. The molecule has 1 aliphatic heterocycles. The summed E-state index contributed by atoms with van der Waals surface area (Å²) in [6, 6.07) is 11.7. The van der Waals surface area contributed by atoms with Crippen molar-refractivity contribution in [1.29, 1.82) is 0 Å². The lowest BCUT2D eigenvalue weighted by atomic mass is 10.0. The second kappa shape index (κ2) is 5.77. The zero-order valence-corrected chi connectivity index (χ0v) is 12.2. The van der Waals surface area contributed by atoms with Crippen molar-refractivity contribution < 1.29 is 0 Å².